The summed E-state index contributed by atoms with van der Waals surface area (Å²) < 4.78 is 51.7. The zero-order valence-corrected chi connectivity index (χ0v) is 18.8. The van der Waals surface area contributed by atoms with Gasteiger partial charge in [0.15, 0.2) is 11.5 Å². The van der Waals surface area contributed by atoms with Gasteiger partial charge in [-0.1, -0.05) is 50.6 Å². The van der Waals surface area contributed by atoms with Crippen LogP contribution in [0.15, 0.2) is 48.5 Å². The molecule has 0 aromatic heterocycles. The van der Waals surface area contributed by atoms with Crippen molar-refractivity contribution in [2.45, 2.75) is 76.9 Å². The summed E-state index contributed by atoms with van der Waals surface area (Å²) in [4.78, 5) is 2.60. The van der Waals surface area contributed by atoms with Gasteiger partial charge in [0.05, 0.1) is 12.2 Å². The maximum Gasteiger partial charge on any atom is 0.416 e. The highest BCUT2D eigenvalue weighted by Gasteiger charge is 2.39. The zero-order valence-electron chi connectivity index (χ0n) is 18.8. The summed E-state index contributed by atoms with van der Waals surface area (Å²) in [6, 6.07) is 15.0. The third kappa shape index (κ3) is 5.58. The minimum absolute atomic E-state index is 0.0181. The molecule has 2 aromatic rings. The molecule has 2 aliphatic rings. The van der Waals surface area contributed by atoms with Crippen LogP contribution < -0.4 is 9.47 Å². The highest BCUT2D eigenvalue weighted by atomic mass is 19.4. The normalized spacial score (nSPS) is 23.9. The lowest BCUT2D eigenvalue weighted by molar-refractivity contribution is -0.137. The van der Waals surface area contributed by atoms with Crippen molar-refractivity contribution in [3.8, 4) is 11.5 Å². The monoisotopic (exact) mass is 447 g/mol. The Hall–Kier alpha value is -2.21. The van der Waals surface area contributed by atoms with E-state index in [0.717, 1.165) is 44.4 Å². The number of fused-ring (bicyclic) bond motifs is 2. The molecule has 2 aromatic carbocycles. The summed E-state index contributed by atoms with van der Waals surface area (Å²) in [5.41, 5.74) is 0.606. The standard InChI is InChI=1S/C26H32F3NO2/c1-18(2)17-31-25-13-20(26(27,28)29)11-12-24(25)32-23-14-21-9-6-10-22(15-23)30(21)16-19-7-4-3-5-8-19/h3-5,7-8,11-13,18,21-23H,6,9-10,14-17H2,1-2H3/t21-,22+,23+. The third-order valence-corrected chi connectivity index (χ3v) is 6.43. The zero-order chi connectivity index (χ0) is 22.7. The van der Waals surface area contributed by atoms with Crippen LogP contribution in [0.25, 0.3) is 0 Å². The van der Waals surface area contributed by atoms with Crippen LogP contribution in [0.4, 0.5) is 13.2 Å². The number of ether oxygens (including phenoxy) is 2. The van der Waals surface area contributed by atoms with Crippen LogP contribution in [0, 0.1) is 5.92 Å². The Balaban J connectivity index is 1.48. The van der Waals surface area contributed by atoms with Gasteiger partial charge in [-0.3, -0.25) is 4.90 Å². The van der Waals surface area contributed by atoms with Gasteiger partial charge in [-0.15, -0.1) is 0 Å². The van der Waals surface area contributed by atoms with Crippen LogP contribution in [0.5, 0.6) is 11.5 Å². The number of benzene rings is 2. The van der Waals surface area contributed by atoms with Crippen molar-refractivity contribution in [1.29, 1.82) is 0 Å². The van der Waals surface area contributed by atoms with Crippen LogP contribution in [0.1, 0.15) is 57.1 Å². The second-order valence-electron chi connectivity index (χ2n) is 9.47. The van der Waals surface area contributed by atoms with Crippen LogP contribution in [0.3, 0.4) is 0 Å². The Morgan fingerprint density at radius 2 is 1.66 bits per heavy atom. The van der Waals surface area contributed by atoms with Gasteiger partial charge >= 0.3 is 6.18 Å². The van der Waals surface area contributed by atoms with E-state index >= 15 is 0 Å². The number of piperidine rings is 2. The van der Waals surface area contributed by atoms with Crippen LogP contribution in [0.2, 0.25) is 0 Å². The minimum atomic E-state index is -4.41. The van der Waals surface area contributed by atoms with Crippen LogP contribution in [-0.2, 0) is 12.7 Å². The minimum Gasteiger partial charge on any atom is -0.489 e. The topological polar surface area (TPSA) is 21.7 Å². The fourth-order valence-electron chi connectivity index (χ4n) is 4.91. The summed E-state index contributed by atoms with van der Waals surface area (Å²) in [6.45, 7) is 5.22. The van der Waals surface area contributed by atoms with Gasteiger partial charge in [0.2, 0.25) is 0 Å². The number of alkyl halides is 3. The molecule has 2 aliphatic heterocycles. The third-order valence-electron chi connectivity index (χ3n) is 6.43. The smallest absolute Gasteiger partial charge is 0.416 e. The first-order valence-electron chi connectivity index (χ1n) is 11.6. The molecule has 0 aliphatic carbocycles. The molecule has 2 saturated heterocycles. The summed E-state index contributed by atoms with van der Waals surface area (Å²) in [6.07, 6.45) is 0.822. The molecule has 0 spiro atoms. The highest BCUT2D eigenvalue weighted by molar-refractivity contribution is 5.44. The van der Waals surface area contributed by atoms with Crippen LogP contribution >= 0.6 is 0 Å². The molecule has 0 saturated carbocycles. The Labute approximate surface area is 188 Å². The quantitative estimate of drug-likeness (QED) is 0.471. The van der Waals surface area contributed by atoms with E-state index in [9.17, 15) is 13.2 Å². The van der Waals surface area contributed by atoms with Crippen LogP contribution in [-0.4, -0.2) is 29.7 Å². The van der Waals surface area contributed by atoms with Crippen molar-refractivity contribution >= 4 is 0 Å². The van der Waals surface area contributed by atoms with Gasteiger partial charge < -0.3 is 9.47 Å². The highest BCUT2D eigenvalue weighted by Crippen LogP contribution is 2.40. The first-order chi connectivity index (χ1) is 15.3. The Kier molecular flexibility index (Phi) is 6.99. The first-order valence-corrected chi connectivity index (χ1v) is 11.6. The number of hydrogen-bond acceptors (Lipinski definition) is 3. The largest absolute Gasteiger partial charge is 0.489 e. The van der Waals surface area contributed by atoms with Crippen molar-refractivity contribution in [3.05, 3.63) is 59.7 Å². The molecule has 4 rings (SSSR count). The lowest BCUT2D eigenvalue weighted by Crippen LogP contribution is -2.53. The van der Waals surface area contributed by atoms with Gasteiger partial charge in [0, 0.05) is 18.6 Å². The first kappa shape index (κ1) is 23.0. The average Bonchev–Trinajstić information content (AvgIpc) is 2.73. The van der Waals surface area contributed by atoms with E-state index in [4.69, 9.17) is 9.47 Å². The second kappa shape index (κ2) is 9.74. The molecule has 2 bridgehead atoms. The molecule has 0 amide bonds. The molecule has 0 N–H and O–H groups in total. The van der Waals surface area contributed by atoms with Crippen molar-refractivity contribution in [2.24, 2.45) is 5.92 Å². The molecule has 174 valence electrons. The van der Waals surface area contributed by atoms with Gasteiger partial charge in [-0.25, -0.2) is 0 Å². The lowest BCUT2D eigenvalue weighted by atomic mass is 9.82. The van der Waals surface area contributed by atoms with Gasteiger partial charge in [-0.05, 0) is 55.4 Å². The summed E-state index contributed by atoms with van der Waals surface area (Å²) in [5, 5.41) is 0. The number of hydrogen-bond donors (Lipinski definition) is 0. The molecule has 3 atom stereocenters. The summed E-state index contributed by atoms with van der Waals surface area (Å²) in [7, 11) is 0. The van der Waals surface area contributed by atoms with Crippen molar-refractivity contribution in [3.63, 3.8) is 0 Å². The van der Waals surface area contributed by atoms with Gasteiger partial charge in [0.1, 0.15) is 6.10 Å². The Morgan fingerprint density at radius 3 is 2.28 bits per heavy atom. The van der Waals surface area contributed by atoms with E-state index in [-0.39, 0.29) is 17.8 Å². The van der Waals surface area contributed by atoms with E-state index in [1.807, 2.05) is 19.9 Å². The fourth-order valence-corrected chi connectivity index (χ4v) is 4.91. The average molecular weight is 448 g/mol. The molecule has 3 nitrogen and oxygen atoms in total. The molecular weight excluding hydrogens is 415 g/mol. The number of nitrogens with zero attached hydrogens (tertiary/aromatic N) is 1. The maximum atomic E-state index is 13.2. The van der Waals surface area contributed by atoms with E-state index in [2.05, 4.69) is 29.2 Å². The molecule has 2 fully saturated rings. The molecule has 0 radical (unpaired) electrons. The predicted molar refractivity (Wildman–Crippen MR) is 119 cm³/mol. The van der Waals surface area contributed by atoms with Crippen molar-refractivity contribution in [1.82, 2.24) is 4.90 Å². The molecule has 6 heteroatoms. The fraction of sp³-hybridized carbons (Fsp3) is 0.538. The van der Waals surface area contributed by atoms with Gasteiger partial charge in [-0.2, -0.15) is 13.2 Å². The summed E-state index contributed by atoms with van der Waals surface area (Å²) in [5.74, 6) is 0.807. The Bertz CT molecular complexity index is 870. The lowest BCUT2D eigenvalue weighted by Gasteiger charge is -2.48. The molecule has 32 heavy (non-hydrogen) atoms. The van der Waals surface area contributed by atoms with Crippen molar-refractivity contribution < 1.29 is 22.6 Å². The number of halogens is 3. The SMILES string of the molecule is CC(C)COc1cc(C(F)(F)F)ccc1O[C@H]1C[C@H]2CCC[C@@H](C1)N2Cc1ccccc1. The molecule has 0 unspecified atom stereocenters. The second-order valence-corrected chi connectivity index (χ2v) is 9.47. The van der Waals surface area contributed by atoms with E-state index < -0.39 is 11.7 Å². The van der Waals surface area contributed by atoms with E-state index in [1.165, 1.54) is 18.1 Å². The summed E-state index contributed by atoms with van der Waals surface area (Å²) >= 11 is 0. The predicted octanol–water partition coefficient (Wildman–Crippen LogP) is 6.70. The van der Waals surface area contributed by atoms with Gasteiger partial charge in [0.25, 0.3) is 0 Å². The number of rotatable bonds is 7. The van der Waals surface area contributed by atoms with E-state index in [0.29, 0.717) is 24.4 Å². The van der Waals surface area contributed by atoms with E-state index in [1.54, 1.807) is 0 Å². The van der Waals surface area contributed by atoms with Crippen molar-refractivity contribution in [2.75, 3.05) is 6.61 Å². The maximum absolute atomic E-state index is 13.2. The Morgan fingerprint density at radius 1 is 0.969 bits per heavy atom. The molecular formula is C26H32F3NO2. The molecule has 2 heterocycles.